The largest absolute Gasteiger partial charge is 0.389 e. The average molecular weight is 281 g/mol. The number of hydrogen-bond donors (Lipinski definition) is 1. The Hall–Kier alpha value is -0.250. The summed E-state index contributed by atoms with van der Waals surface area (Å²) in [7, 11) is 0. The van der Waals surface area contributed by atoms with Crippen molar-refractivity contribution in [1.82, 2.24) is 5.32 Å². The van der Waals surface area contributed by atoms with Gasteiger partial charge in [0.05, 0.1) is 0 Å². The fraction of sp³-hybridized carbons (Fsp3) is 1.00. The van der Waals surface area contributed by atoms with Crippen LogP contribution in [0.4, 0.5) is 13.2 Å². The predicted molar refractivity (Wildman–Crippen MR) is 75.3 cm³/mol. The van der Waals surface area contributed by atoms with Crippen LogP contribution in [0, 0.1) is 5.92 Å². The van der Waals surface area contributed by atoms with Crippen LogP contribution in [-0.2, 0) is 0 Å². The van der Waals surface area contributed by atoms with Gasteiger partial charge in [0.1, 0.15) is 0 Å². The highest BCUT2D eigenvalue weighted by Gasteiger charge is 2.27. The molecule has 0 amide bonds. The molecule has 0 aliphatic carbocycles. The van der Waals surface area contributed by atoms with Gasteiger partial charge in [-0.2, -0.15) is 13.2 Å². The van der Waals surface area contributed by atoms with Crippen LogP contribution in [-0.4, -0.2) is 18.8 Å². The monoisotopic (exact) mass is 281 g/mol. The van der Waals surface area contributed by atoms with E-state index in [1.807, 2.05) is 0 Å². The topological polar surface area (TPSA) is 12.0 Å². The fourth-order valence-electron chi connectivity index (χ4n) is 2.64. The molecule has 1 atom stereocenters. The zero-order chi connectivity index (χ0) is 14.7. The summed E-state index contributed by atoms with van der Waals surface area (Å²) < 4.78 is 36.7. The quantitative estimate of drug-likeness (QED) is 0.541. The van der Waals surface area contributed by atoms with Crippen LogP contribution in [0.3, 0.4) is 0 Å². The van der Waals surface area contributed by atoms with E-state index in [9.17, 15) is 13.2 Å². The van der Waals surface area contributed by atoms with E-state index in [2.05, 4.69) is 26.1 Å². The van der Waals surface area contributed by atoms with Crippen molar-refractivity contribution in [2.75, 3.05) is 6.54 Å². The lowest BCUT2D eigenvalue weighted by molar-refractivity contribution is -0.136. The summed E-state index contributed by atoms with van der Waals surface area (Å²) >= 11 is 0. The van der Waals surface area contributed by atoms with Crippen molar-refractivity contribution in [3.05, 3.63) is 0 Å². The van der Waals surface area contributed by atoms with Gasteiger partial charge in [0.15, 0.2) is 0 Å². The maximum atomic E-state index is 12.2. The Bertz CT molecular complexity index is 198. The highest BCUT2D eigenvalue weighted by molar-refractivity contribution is 4.76. The van der Waals surface area contributed by atoms with Gasteiger partial charge in [-0.25, -0.2) is 0 Å². The minimum absolute atomic E-state index is 0.245. The highest BCUT2D eigenvalue weighted by Crippen LogP contribution is 2.26. The lowest BCUT2D eigenvalue weighted by Crippen LogP contribution is -2.37. The molecule has 19 heavy (non-hydrogen) atoms. The summed E-state index contributed by atoms with van der Waals surface area (Å²) in [5.74, 6) is 0.523. The Kier molecular flexibility index (Phi) is 10.4. The van der Waals surface area contributed by atoms with Crippen LogP contribution in [0.5, 0.6) is 0 Å². The first-order valence-corrected chi connectivity index (χ1v) is 7.74. The maximum Gasteiger partial charge on any atom is 0.389 e. The van der Waals surface area contributed by atoms with Gasteiger partial charge in [0.2, 0.25) is 0 Å². The van der Waals surface area contributed by atoms with Crippen LogP contribution >= 0.6 is 0 Å². The van der Waals surface area contributed by atoms with Gasteiger partial charge >= 0.3 is 6.18 Å². The summed E-state index contributed by atoms with van der Waals surface area (Å²) in [5.41, 5.74) is 0. The molecule has 1 nitrogen and oxygen atoms in total. The summed E-state index contributed by atoms with van der Waals surface area (Å²) in [4.78, 5) is 0. The Morgan fingerprint density at radius 2 is 1.47 bits per heavy atom. The SMILES string of the molecule is CCCNC(CCCC(F)(F)F)C(CCC)CCC. The number of hydrogen-bond acceptors (Lipinski definition) is 1. The minimum atomic E-state index is -4.01. The molecule has 0 aromatic heterocycles. The van der Waals surface area contributed by atoms with Gasteiger partial charge in [0.25, 0.3) is 0 Å². The van der Waals surface area contributed by atoms with Crippen molar-refractivity contribution >= 4 is 0 Å². The molecule has 0 aromatic carbocycles. The van der Waals surface area contributed by atoms with Gasteiger partial charge in [-0.15, -0.1) is 0 Å². The van der Waals surface area contributed by atoms with Gasteiger partial charge in [-0.05, 0) is 44.6 Å². The van der Waals surface area contributed by atoms with Gasteiger partial charge < -0.3 is 5.32 Å². The normalized spacial score (nSPS) is 14.1. The first-order valence-electron chi connectivity index (χ1n) is 7.74. The molecule has 0 radical (unpaired) electrons. The minimum Gasteiger partial charge on any atom is -0.314 e. The van der Waals surface area contributed by atoms with Crippen LogP contribution < -0.4 is 5.32 Å². The molecule has 1 unspecified atom stereocenters. The van der Waals surface area contributed by atoms with Gasteiger partial charge in [-0.1, -0.05) is 33.6 Å². The van der Waals surface area contributed by atoms with E-state index in [4.69, 9.17) is 0 Å². The van der Waals surface area contributed by atoms with Crippen LogP contribution in [0.2, 0.25) is 0 Å². The highest BCUT2D eigenvalue weighted by atomic mass is 19.4. The molecule has 0 saturated carbocycles. The van der Waals surface area contributed by atoms with Gasteiger partial charge in [-0.3, -0.25) is 0 Å². The molecular weight excluding hydrogens is 251 g/mol. The van der Waals surface area contributed by atoms with Crippen molar-refractivity contribution in [3.8, 4) is 0 Å². The molecule has 0 aromatic rings. The lowest BCUT2D eigenvalue weighted by Gasteiger charge is -2.28. The fourth-order valence-corrected chi connectivity index (χ4v) is 2.64. The van der Waals surface area contributed by atoms with E-state index < -0.39 is 12.6 Å². The number of halogens is 3. The third-order valence-corrected chi connectivity index (χ3v) is 3.52. The molecule has 0 rings (SSSR count). The van der Waals surface area contributed by atoms with Crippen molar-refractivity contribution in [2.24, 2.45) is 5.92 Å². The average Bonchev–Trinajstić information content (AvgIpc) is 2.32. The summed E-state index contributed by atoms with van der Waals surface area (Å²) in [6, 6.07) is 0.252. The lowest BCUT2D eigenvalue weighted by atomic mass is 9.87. The number of rotatable bonds is 11. The summed E-state index contributed by atoms with van der Waals surface area (Å²) in [6.07, 6.45) is 1.69. The van der Waals surface area contributed by atoms with Crippen molar-refractivity contribution in [2.45, 2.75) is 84.4 Å². The standard InChI is InChI=1S/C15H30F3N/c1-4-8-13(9-5-2)14(19-12-6-3)10-7-11-15(16,17)18/h13-14,19H,4-12H2,1-3H3. The van der Waals surface area contributed by atoms with E-state index >= 15 is 0 Å². The first kappa shape index (κ1) is 18.8. The van der Waals surface area contributed by atoms with Crippen molar-refractivity contribution < 1.29 is 13.2 Å². The Morgan fingerprint density at radius 3 is 1.89 bits per heavy atom. The molecule has 0 aliphatic rings. The van der Waals surface area contributed by atoms with Crippen molar-refractivity contribution in [1.29, 1.82) is 0 Å². The molecule has 0 saturated heterocycles. The third kappa shape index (κ3) is 10.2. The summed E-state index contributed by atoms with van der Waals surface area (Å²) in [5, 5.41) is 3.46. The van der Waals surface area contributed by atoms with Gasteiger partial charge in [0, 0.05) is 12.5 Å². The molecule has 116 valence electrons. The van der Waals surface area contributed by atoms with Crippen molar-refractivity contribution in [3.63, 3.8) is 0 Å². The second-order valence-corrected chi connectivity index (χ2v) is 5.41. The number of alkyl halides is 3. The van der Waals surface area contributed by atoms with Crippen LogP contribution in [0.25, 0.3) is 0 Å². The zero-order valence-electron chi connectivity index (χ0n) is 12.7. The first-order chi connectivity index (χ1) is 8.94. The molecule has 0 aliphatic heterocycles. The second kappa shape index (κ2) is 10.5. The molecule has 0 bridgehead atoms. The van der Waals surface area contributed by atoms with E-state index in [0.717, 1.165) is 38.6 Å². The zero-order valence-corrected chi connectivity index (χ0v) is 12.7. The van der Waals surface area contributed by atoms with E-state index in [0.29, 0.717) is 12.3 Å². The third-order valence-electron chi connectivity index (χ3n) is 3.52. The Balaban J connectivity index is 4.31. The molecule has 0 fully saturated rings. The molecule has 0 spiro atoms. The second-order valence-electron chi connectivity index (χ2n) is 5.41. The molecule has 0 heterocycles. The van der Waals surface area contributed by atoms with Crippen LogP contribution in [0.15, 0.2) is 0 Å². The number of nitrogens with one attached hydrogen (secondary N) is 1. The predicted octanol–water partition coefficient (Wildman–Crippen LogP) is 5.30. The van der Waals surface area contributed by atoms with E-state index in [-0.39, 0.29) is 12.5 Å². The molecular formula is C15H30F3N. The van der Waals surface area contributed by atoms with E-state index in [1.165, 1.54) is 0 Å². The smallest absolute Gasteiger partial charge is 0.314 e. The Labute approximate surface area is 116 Å². The molecule has 4 heteroatoms. The van der Waals surface area contributed by atoms with Crippen LogP contribution in [0.1, 0.15) is 72.1 Å². The molecule has 1 N–H and O–H groups in total. The maximum absolute atomic E-state index is 12.2. The Morgan fingerprint density at radius 1 is 0.895 bits per heavy atom. The summed E-state index contributed by atoms with van der Waals surface area (Å²) in [6.45, 7) is 7.29. The van der Waals surface area contributed by atoms with E-state index in [1.54, 1.807) is 0 Å².